The van der Waals surface area contributed by atoms with Gasteiger partial charge in [-0.15, -0.1) is 0 Å². The zero-order valence-corrected chi connectivity index (χ0v) is 15.0. The average molecular weight is 327 g/mol. The first kappa shape index (κ1) is 16.6. The van der Waals surface area contributed by atoms with Crippen LogP contribution in [0.5, 0.6) is 0 Å². The van der Waals surface area contributed by atoms with E-state index >= 15 is 0 Å². The Labute approximate surface area is 143 Å². The molecule has 0 spiro atoms. The van der Waals surface area contributed by atoms with Crippen molar-refractivity contribution in [3.63, 3.8) is 0 Å². The summed E-state index contributed by atoms with van der Waals surface area (Å²) in [6.45, 7) is 12.0. The molecule has 2 N–H and O–H groups in total. The van der Waals surface area contributed by atoms with Crippen molar-refractivity contribution in [2.45, 2.75) is 52.5 Å². The van der Waals surface area contributed by atoms with Crippen LogP contribution in [0, 0.1) is 6.92 Å². The monoisotopic (exact) mass is 327 g/mol. The number of aryl methyl sites for hydroxylation is 1. The fourth-order valence-electron chi connectivity index (χ4n) is 4.04. The van der Waals surface area contributed by atoms with Gasteiger partial charge in [0.1, 0.15) is 5.70 Å². The van der Waals surface area contributed by atoms with Gasteiger partial charge in [0.25, 0.3) is 5.91 Å². The first-order chi connectivity index (χ1) is 11.2. The summed E-state index contributed by atoms with van der Waals surface area (Å²) < 4.78 is 0. The van der Waals surface area contributed by atoms with Gasteiger partial charge in [0.05, 0.1) is 0 Å². The predicted molar refractivity (Wildman–Crippen MR) is 96.0 cm³/mol. The van der Waals surface area contributed by atoms with Crippen LogP contribution >= 0.6 is 0 Å². The SMILES string of the molecule is CCN1c2cc(C)c(/C=C3\NC(=O)NC3=O)cc2C(C)CC1(C)C. The first-order valence-corrected chi connectivity index (χ1v) is 8.49. The summed E-state index contributed by atoms with van der Waals surface area (Å²) in [5.41, 5.74) is 5.09. The highest BCUT2D eigenvalue weighted by Crippen LogP contribution is 2.44. The summed E-state index contributed by atoms with van der Waals surface area (Å²) in [5.74, 6) is 0.0732. The lowest BCUT2D eigenvalue weighted by molar-refractivity contribution is -0.115. The number of fused-ring (bicyclic) bond motifs is 1. The van der Waals surface area contributed by atoms with Gasteiger partial charge >= 0.3 is 6.03 Å². The number of hydrogen-bond acceptors (Lipinski definition) is 3. The Morgan fingerprint density at radius 1 is 1.29 bits per heavy atom. The van der Waals surface area contributed by atoms with E-state index in [1.165, 1.54) is 11.3 Å². The second-order valence-corrected chi connectivity index (χ2v) is 7.40. The van der Waals surface area contributed by atoms with Gasteiger partial charge in [0, 0.05) is 17.8 Å². The summed E-state index contributed by atoms with van der Waals surface area (Å²) in [5, 5.41) is 4.79. The Bertz CT molecular complexity index is 749. The first-order valence-electron chi connectivity index (χ1n) is 8.49. The molecular formula is C19H25N3O2. The van der Waals surface area contributed by atoms with Crippen molar-refractivity contribution >= 4 is 23.7 Å². The molecule has 3 rings (SSSR count). The van der Waals surface area contributed by atoms with Crippen molar-refractivity contribution in [3.05, 3.63) is 34.5 Å². The van der Waals surface area contributed by atoms with Crippen LogP contribution in [0.4, 0.5) is 10.5 Å². The molecule has 1 aromatic rings. The molecule has 0 aliphatic carbocycles. The molecule has 128 valence electrons. The number of nitrogens with one attached hydrogen (secondary N) is 2. The molecular weight excluding hydrogens is 302 g/mol. The third kappa shape index (κ3) is 2.68. The summed E-state index contributed by atoms with van der Waals surface area (Å²) >= 11 is 0. The lowest BCUT2D eigenvalue weighted by Gasteiger charge is -2.47. The Kier molecular flexibility index (Phi) is 3.90. The van der Waals surface area contributed by atoms with Gasteiger partial charge in [-0.2, -0.15) is 0 Å². The van der Waals surface area contributed by atoms with Crippen LogP contribution in [-0.4, -0.2) is 24.0 Å². The van der Waals surface area contributed by atoms with Crippen molar-refractivity contribution in [1.29, 1.82) is 0 Å². The van der Waals surface area contributed by atoms with Crippen molar-refractivity contribution < 1.29 is 9.59 Å². The second-order valence-electron chi connectivity index (χ2n) is 7.40. The molecule has 2 aliphatic heterocycles. The van der Waals surface area contributed by atoms with Gasteiger partial charge in [0.2, 0.25) is 0 Å². The van der Waals surface area contributed by atoms with Crippen LogP contribution < -0.4 is 15.5 Å². The van der Waals surface area contributed by atoms with E-state index in [1.807, 2.05) is 6.92 Å². The van der Waals surface area contributed by atoms with Crippen molar-refractivity contribution in [1.82, 2.24) is 10.6 Å². The summed E-state index contributed by atoms with van der Waals surface area (Å²) in [6.07, 6.45) is 2.85. The number of nitrogens with zero attached hydrogens (tertiary/aromatic N) is 1. The van der Waals surface area contributed by atoms with Crippen LogP contribution in [-0.2, 0) is 4.79 Å². The Hall–Kier alpha value is -2.30. The molecule has 0 saturated carbocycles. The van der Waals surface area contributed by atoms with Gasteiger partial charge in [0.15, 0.2) is 0 Å². The van der Waals surface area contributed by atoms with E-state index in [0.717, 1.165) is 24.1 Å². The highest BCUT2D eigenvalue weighted by molar-refractivity contribution is 6.14. The maximum Gasteiger partial charge on any atom is 0.326 e. The van der Waals surface area contributed by atoms with Gasteiger partial charge in [-0.25, -0.2) is 4.79 Å². The third-order valence-corrected chi connectivity index (χ3v) is 5.11. The van der Waals surface area contributed by atoms with Crippen LogP contribution in [0.1, 0.15) is 56.7 Å². The fraction of sp³-hybridized carbons (Fsp3) is 0.474. The van der Waals surface area contributed by atoms with Crippen LogP contribution in [0.2, 0.25) is 0 Å². The highest BCUT2D eigenvalue weighted by atomic mass is 16.2. The van der Waals surface area contributed by atoms with Crippen molar-refractivity contribution in [2.24, 2.45) is 0 Å². The molecule has 0 radical (unpaired) electrons. The third-order valence-electron chi connectivity index (χ3n) is 5.11. The quantitative estimate of drug-likeness (QED) is 0.647. The lowest BCUT2D eigenvalue weighted by Crippen LogP contribution is -2.48. The number of carbonyl (C=O) groups excluding carboxylic acids is 2. The average Bonchev–Trinajstić information content (AvgIpc) is 2.78. The molecule has 2 heterocycles. The summed E-state index contributed by atoms with van der Waals surface area (Å²) in [4.78, 5) is 25.5. The summed E-state index contributed by atoms with van der Waals surface area (Å²) in [7, 11) is 0. The van der Waals surface area contributed by atoms with E-state index in [-0.39, 0.29) is 11.4 Å². The molecule has 3 amide bonds. The van der Waals surface area contributed by atoms with Crippen molar-refractivity contribution in [2.75, 3.05) is 11.4 Å². The molecule has 0 aromatic heterocycles. The minimum absolute atomic E-state index is 0.132. The Balaban J connectivity index is 2.08. The van der Waals surface area contributed by atoms with Gasteiger partial charge in [-0.05, 0) is 74.9 Å². The second kappa shape index (κ2) is 5.65. The molecule has 1 aromatic carbocycles. The molecule has 0 bridgehead atoms. The van der Waals surface area contributed by atoms with E-state index in [0.29, 0.717) is 11.6 Å². The standard InChI is InChI=1S/C19H25N3O2/c1-6-22-16-7-11(2)13(9-15-17(23)21-18(24)20-15)8-14(16)12(3)10-19(22,4)5/h7-9,12H,6,10H2,1-5H3,(H2,20,21,23,24)/b15-9-. The minimum atomic E-state index is -0.464. The zero-order chi connectivity index (χ0) is 17.6. The molecule has 1 fully saturated rings. The largest absolute Gasteiger partial charge is 0.366 e. The predicted octanol–water partition coefficient (Wildman–Crippen LogP) is 3.29. The molecule has 5 nitrogen and oxygen atoms in total. The van der Waals surface area contributed by atoms with Gasteiger partial charge in [-0.1, -0.05) is 6.92 Å². The van der Waals surface area contributed by atoms with Crippen molar-refractivity contribution in [3.8, 4) is 0 Å². The van der Waals surface area contributed by atoms with Gasteiger partial charge in [-0.3, -0.25) is 10.1 Å². The molecule has 1 saturated heterocycles. The molecule has 5 heteroatoms. The Morgan fingerprint density at radius 3 is 2.58 bits per heavy atom. The highest BCUT2D eigenvalue weighted by Gasteiger charge is 2.35. The number of benzene rings is 1. The Morgan fingerprint density at radius 2 is 2.00 bits per heavy atom. The topological polar surface area (TPSA) is 61.4 Å². The normalized spacial score (nSPS) is 24.0. The van der Waals surface area contributed by atoms with Crippen LogP contribution in [0.15, 0.2) is 17.8 Å². The number of rotatable bonds is 2. The number of imide groups is 1. The van der Waals surface area contributed by atoms with E-state index in [9.17, 15) is 9.59 Å². The smallest absolute Gasteiger partial charge is 0.326 e. The fourth-order valence-corrected chi connectivity index (χ4v) is 4.04. The number of amides is 3. The van der Waals surface area contributed by atoms with E-state index < -0.39 is 6.03 Å². The lowest BCUT2D eigenvalue weighted by atomic mass is 9.79. The van der Waals surface area contributed by atoms with Crippen LogP contribution in [0.25, 0.3) is 6.08 Å². The van der Waals surface area contributed by atoms with Gasteiger partial charge < -0.3 is 10.2 Å². The minimum Gasteiger partial charge on any atom is -0.366 e. The van der Waals surface area contributed by atoms with E-state index in [1.54, 1.807) is 6.08 Å². The number of carbonyl (C=O) groups is 2. The van der Waals surface area contributed by atoms with E-state index in [4.69, 9.17) is 0 Å². The number of hydrogen-bond donors (Lipinski definition) is 2. The zero-order valence-electron chi connectivity index (χ0n) is 15.0. The molecule has 1 unspecified atom stereocenters. The number of anilines is 1. The maximum absolute atomic E-state index is 11.8. The molecule has 24 heavy (non-hydrogen) atoms. The van der Waals surface area contributed by atoms with E-state index in [2.05, 4.69) is 55.4 Å². The molecule has 2 aliphatic rings. The molecule has 1 atom stereocenters. The van der Waals surface area contributed by atoms with Crippen LogP contribution in [0.3, 0.4) is 0 Å². The maximum atomic E-state index is 11.8. The summed E-state index contributed by atoms with van der Waals surface area (Å²) in [6, 6.07) is 3.91. The number of urea groups is 1.